The van der Waals surface area contributed by atoms with E-state index in [4.69, 9.17) is 25.8 Å². The Morgan fingerprint density at radius 1 is 1.16 bits per heavy atom. The van der Waals surface area contributed by atoms with Gasteiger partial charge in [-0.2, -0.15) is 0 Å². The smallest absolute Gasteiger partial charge is 0.261 e. The number of halogens is 1. The average molecular weight is 449 g/mol. The third kappa shape index (κ3) is 3.92. The molecule has 2 amide bonds. The SMILES string of the molecule is C[C@@H]1C[C@]2(COCC(=O)N2)[C@H]2CO[C@H]3CC[C@H](CC3)c3cc(Cl)ccc3OCC(=O)N12. The Balaban J connectivity index is 1.48. The van der Waals surface area contributed by atoms with Crippen molar-refractivity contribution in [2.75, 3.05) is 26.4 Å². The summed E-state index contributed by atoms with van der Waals surface area (Å²) in [5.74, 6) is 0.831. The molecule has 7 nitrogen and oxygen atoms in total. The number of ether oxygens (including phenoxy) is 3. The van der Waals surface area contributed by atoms with E-state index in [1.165, 1.54) is 0 Å². The fraction of sp³-hybridized carbons (Fsp3) is 0.652. The fourth-order valence-electron chi connectivity index (χ4n) is 5.91. The minimum absolute atomic E-state index is 0.0576. The largest absolute Gasteiger partial charge is 0.483 e. The maximum Gasteiger partial charge on any atom is 0.261 e. The monoisotopic (exact) mass is 448 g/mol. The van der Waals surface area contributed by atoms with E-state index in [1.54, 1.807) is 0 Å². The number of rotatable bonds is 0. The number of fused-ring (bicyclic) bond motifs is 5. The highest BCUT2D eigenvalue weighted by Gasteiger charge is 2.55. The van der Waals surface area contributed by atoms with Crippen LogP contribution in [0.15, 0.2) is 18.2 Å². The van der Waals surface area contributed by atoms with Gasteiger partial charge in [-0.15, -0.1) is 0 Å². The van der Waals surface area contributed by atoms with Crippen LogP contribution in [-0.4, -0.2) is 66.9 Å². The first kappa shape index (κ1) is 21.0. The number of carbonyl (C=O) groups is 2. The van der Waals surface area contributed by atoms with Crippen LogP contribution in [0.3, 0.4) is 0 Å². The van der Waals surface area contributed by atoms with Crippen molar-refractivity contribution in [2.45, 2.75) is 68.7 Å². The maximum absolute atomic E-state index is 13.3. The first-order chi connectivity index (χ1) is 14.9. The molecular weight excluding hydrogens is 420 g/mol. The summed E-state index contributed by atoms with van der Waals surface area (Å²) in [7, 11) is 0. The first-order valence-corrected chi connectivity index (χ1v) is 11.6. The number of nitrogens with zero attached hydrogens (tertiary/aromatic N) is 1. The lowest BCUT2D eigenvalue weighted by molar-refractivity contribution is -0.145. The van der Waals surface area contributed by atoms with E-state index >= 15 is 0 Å². The molecule has 0 unspecified atom stereocenters. The predicted octanol–water partition coefficient (Wildman–Crippen LogP) is 2.65. The number of carbonyl (C=O) groups excluding carboxylic acids is 2. The van der Waals surface area contributed by atoms with E-state index in [9.17, 15) is 9.59 Å². The van der Waals surface area contributed by atoms with Gasteiger partial charge in [-0.25, -0.2) is 0 Å². The molecule has 4 heterocycles. The zero-order chi connectivity index (χ0) is 21.6. The standard InChI is InChI=1S/C23H29ClN2O5/c1-14-9-23(13-29-11-21(27)25-23)20-10-30-17-5-2-15(3-6-17)18-8-16(24)4-7-19(18)31-12-22(28)26(14)20/h4,7-8,14-15,17,20H,2-3,5-6,9-13H2,1H3,(H,25,27)/t14-,15-,17+,20-,23+/m1/s1. The van der Waals surface area contributed by atoms with Crippen LogP contribution in [0.4, 0.5) is 0 Å². The second kappa shape index (κ2) is 8.26. The van der Waals surface area contributed by atoms with E-state index < -0.39 is 5.54 Å². The highest BCUT2D eigenvalue weighted by molar-refractivity contribution is 6.30. The Hall–Kier alpha value is -1.83. The number of amides is 2. The summed E-state index contributed by atoms with van der Waals surface area (Å²) in [5.41, 5.74) is 0.459. The molecule has 31 heavy (non-hydrogen) atoms. The van der Waals surface area contributed by atoms with Gasteiger partial charge < -0.3 is 24.4 Å². The molecule has 1 spiro atoms. The zero-order valence-corrected chi connectivity index (χ0v) is 18.5. The van der Waals surface area contributed by atoms with Gasteiger partial charge in [0.05, 0.1) is 30.9 Å². The predicted molar refractivity (Wildman–Crippen MR) is 114 cm³/mol. The second-order valence-corrected chi connectivity index (χ2v) is 9.78. The van der Waals surface area contributed by atoms with E-state index in [0.29, 0.717) is 30.6 Å². The summed E-state index contributed by atoms with van der Waals surface area (Å²) in [4.78, 5) is 27.4. The summed E-state index contributed by atoms with van der Waals surface area (Å²) < 4.78 is 18.0. The van der Waals surface area contributed by atoms with Gasteiger partial charge in [0.1, 0.15) is 12.4 Å². The molecule has 8 heteroatoms. The van der Waals surface area contributed by atoms with Gasteiger partial charge >= 0.3 is 0 Å². The Labute approximate surface area is 187 Å². The van der Waals surface area contributed by atoms with Gasteiger partial charge in [0.25, 0.3) is 5.91 Å². The van der Waals surface area contributed by atoms with Crippen LogP contribution in [-0.2, 0) is 19.1 Å². The van der Waals surface area contributed by atoms with Gasteiger partial charge in [-0.05, 0) is 68.7 Å². The first-order valence-electron chi connectivity index (χ1n) is 11.2. The zero-order valence-electron chi connectivity index (χ0n) is 17.8. The Bertz CT molecular complexity index is 872. The number of hydrogen-bond acceptors (Lipinski definition) is 5. The third-order valence-corrected chi connectivity index (χ3v) is 7.54. The van der Waals surface area contributed by atoms with Crippen molar-refractivity contribution < 1.29 is 23.8 Å². The quantitative estimate of drug-likeness (QED) is 0.660. The third-order valence-electron chi connectivity index (χ3n) is 7.30. The van der Waals surface area contributed by atoms with Crippen molar-refractivity contribution in [3.05, 3.63) is 28.8 Å². The molecule has 5 aliphatic rings. The van der Waals surface area contributed by atoms with E-state index in [0.717, 1.165) is 37.0 Å². The summed E-state index contributed by atoms with van der Waals surface area (Å²) in [6.07, 6.45) is 4.66. The molecule has 3 fully saturated rings. The lowest BCUT2D eigenvalue weighted by Gasteiger charge is -2.41. The van der Waals surface area contributed by atoms with Crippen molar-refractivity contribution in [2.24, 2.45) is 0 Å². The summed E-state index contributed by atoms with van der Waals surface area (Å²) >= 11 is 6.28. The van der Waals surface area contributed by atoms with Gasteiger partial charge in [0, 0.05) is 11.1 Å². The van der Waals surface area contributed by atoms with Crippen LogP contribution in [0.2, 0.25) is 5.02 Å². The molecule has 3 atom stereocenters. The molecule has 1 aliphatic carbocycles. The molecule has 6 rings (SSSR count). The van der Waals surface area contributed by atoms with Crippen molar-refractivity contribution >= 4 is 23.4 Å². The van der Waals surface area contributed by atoms with Gasteiger partial charge in [0.15, 0.2) is 6.61 Å². The van der Waals surface area contributed by atoms with Crippen LogP contribution < -0.4 is 10.1 Å². The molecule has 1 N–H and O–H groups in total. The molecule has 0 aromatic heterocycles. The number of hydrogen-bond donors (Lipinski definition) is 1. The summed E-state index contributed by atoms with van der Waals surface area (Å²) in [5, 5.41) is 3.82. The van der Waals surface area contributed by atoms with Crippen molar-refractivity contribution in [1.82, 2.24) is 10.2 Å². The van der Waals surface area contributed by atoms with E-state index in [-0.39, 0.29) is 43.2 Å². The van der Waals surface area contributed by atoms with Gasteiger partial charge in [0.2, 0.25) is 5.91 Å². The van der Waals surface area contributed by atoms with Crippen LogP contribution in [0.25, 0.3) is 0 Å². The lowest BCUT2D eigenvalue weighted by Crippen LogP contribution is -2.65. The topological polar surface area (TPSA) is 77.1 Å². The Morgan fingerprint density at radius 2 is 1.97 bits per heavy atom. The molecule has 1 aromatic rings. The fourth-order valence-corrected chi connectivity index (χ4v) is 6.09. The molecule has 1 aromatic carbocycles. The maximum atomic E-state index is 13.3. The summed E-state index contributed by atoms with van der Waals surface area (Å²) in [6, 6.07) is 5.30. The normalized spacial score (nSPS) is 36.0. The minimum atomic E-state index is -0.618. The average Bonchev–Trinajstić information content (AvgIpc) is 3.01. The van der Waals surface area contributed by atoms with E-state index in [2.05, 4.69) is 5.32 Å². The van der Waals surface area contributed by atoms with Crippen LogP contribution in [0, 0.1) is 0 Å². The lowest BCUT2D eigenvalue weighted by atomic mass is 9.82. The molecule has 0 radical (unpaired) electrons. The molecule has 2 saturated heterocycles. The molecular formula is C23H29ClN2O5. The van der Waals surface area contributed by atoms with Crippen LogP contribution in [0.5, 0.6) is 5.75 Å². The van der Waals surface area contributed by atoms with Gasteiger partial charge in [-0.1, -0.05) is 11.6 Å². The van der Waals surface area contributed by atoms with Crippen molar-refractivity contribution in [1.29, 1.82) is 0 Å². The highest BCUT2D eigenvalue weighted by Crippen LogP contribution is 2.41. The molecule has 1 saturated carbocycles. The van der Waals surface area contributed by atoms with E-state index in [1.807, 2.05) is 30.0 Å². The molecule has 4 aliphatic heterocycles. The van der Waals surface area contributed by atoms with Crippen LogP contribution >= 0.6 is 11.6 Å². The second-order valence-electron chi connectivity index (χ2n) is 9.34. The van der Waals surface area contributed by atoms with Gasteiger partial charge in [-0.3, -0.25) is 9.59 Å². The Morgan fingerprint density at radius 3 is 2.74 bits per heavy atom. The van der Waals surface area contributed by atoms with Crippen molar-refractivity contribution in [3.63, 3.8) is 0 Å². The summed E-state index contributed by atoms with van der Waals surface area (Å²) in [6.45, 7) is 2.78. The number of morpholine rings is 1. The highest BCUT2D eigenvalue weighted by atomic mass is 35.5. The van der Waals surface area contributed by atoms with Crippen LogP contribution in [0.1, 0.15) is 50.5 Å². The Kier molecular flexibility index (Phi) is 5.61. The number of nitrogens with one attached hydrogen (secondary N) is 1. The van der Waals surface area contributed by atoms with Crippen molar-refractivity contribution in [3.8, 4) is 5.75 Å². The molecule has 168 valence electrons. The number of benzene rings is 1. The minimum Gasteiger partial charge on any atom is -0.483 e. The molecule has 2 bridgehead atoms.